The third-order valence-corrected chi connectivity index (χ3v) is 2.84. The minimum Gasteiger partial charge on any atom is -0.303 e. The molecular formula is C15H28O. The van der Waals surface area contributed by atoms with Crippen LogP contribution in [0.2, 0.25) is 0 Å². The fraction of sp³-hybridized carbons (Fsp3) is 0.800. The summed E-state index contributed by atoms with van der Waals surface area (Å²) in [5.74, 6) is 0. The molecule has 0 N–H and O–H groups in total. The zero-order valence-electron chi connectivity index (χ0n) is 10.9. The van der Waals surface area contributed by atoms with E-state index in [1.807, 2.05) is 0 Å². The Balaban J connectivity index is 2.98. The normalized spacial score (nSPS) is 11.1. The van der Waals surface area contributed by atoms with E-state index in [0.717, 1.165) is 12.7 Å². The van der Waals surface area contributed by atoms with Crippen molar-refractivity contribution < 1.29 is 4.79 Å². The van der Waals surface area contributed by atoms with E-state index in [2.05, 4.69) is 19.1 Å². The first-order valence-corrected chi connectivity index (χ1v) is 7.00. The average Bonchev–Trinajstić information content (AvgIpc) is 2.31. The smallest absolute Gasteiger partial charge is 0.120 e. The number of hydrogen-bond donors (Lipinski definition) is 0. The Kier molecular flexibility index (Phi) is 13.9. The van der Waals surface area contributed by atoms with Gasteiger partial charge in [0.2, 0.25) is 0 Å². The van der Waals surface area contributed by atoms with Gasteiger partial charge >= 0.3 is 0 Å². The second-order valence-corrected chi connectivity index (χ2v) is 4.48. The van der Waals surface area contributed by atoms with Crippen molar-refractivity contribution in [2.45, 2.75) is 77.6 Å². The zero-order chi connectivity index (χ0) is 11.9. The number of allylic oxidation sites excluding steroid dienone is 2. The van der Waals surface area contributed by atoms with Gasteiger partial charge in [0, 0.05) is 6.42 Å². The second kappa shape index (κ2) is 14.4. The van der Waals surface area contributed by atoms with Crippen LogP contribution in [-0.4, -0.2) is 6.29 Å². The van der Waals surface area contributed by atoms with Crippen LogP contribution in [0.4, 0.5) is 0 Å². The Morgan fingerprint density at radius 3 is 1.88 bits per heavy atom. The lowest BCUT2D eigenvalue weighted by Crippen LogP contribution is -1.80. The van der Waals surface area contributed by atoms with Crippen LogP contribution in [0, 0.1) is 0 Å². The minimum absolute atomic E-state index is 0.675. The van der Waals surface area contributed by atoms with Crippen LogP contribution >= 0.6 is 0 Å². The molecule has 0 aliphatic heterocycles. The highest BCUT2D eigenvalue weighted by Gasteiger charge is 1.90. The van der Waals surface area contributed by atoms with Crippen molar-refractivity contribution in [2.24, 2.45) is 0 Å². The number of rotatable bonds is 12. The first-order valence-electron chi connectivity index (χ1n) is 7.00. The first kappa shape index (κ1) is 15.4. The summed E-state index contributed by atoms with van der Waals surface area (Å²) in [6.07, 6.45) is 19.2. The molecule has 1 heteroatoms. The van der Waals surface area contributed by atoms with Gasteiger partial charge in [-0.1, -0.05) is 64.0 Å². The van der Waals surface area contributed by atoms with Gasteiger partial charge in [-0.15, -0.1) is 0 Å². The van der Waals surface area contributed by atoms with E-state index in [1.165, 1.54) is 57.8 Å². The van der Waals surface area contributed by atoms with Crippen molar-refractivity contribution in [2.75, 3.05) is 0 Å². The Morgan fingerprint density at radius 2 is 1.25 bits per heavy atom. The number of aldehydes is 1. The molecule has 0 spiro atoms. The van der Waals surface area contributed by atoms with Gasteiger partial charge in [0.15, 0.2) is 0 Å². The van der Waals surface area contributed by atoms with E-state index >= 15 is 0 Å². The first-order chi connectivity index (χ1) is 7.91. The van der Waals surface area contributed by atoms with Gasteiger partial charge < -0.3 is 4.79 Å². The largest absolute Gasteiger partial charge is 0.303 e. The zero-order valence-corrected chi connectivity index (χ0v) is 10.9. The molecule has 0 aromatic heterocycles. The SMILES string of the molecule is CCCCCCCCCCC=CCCC=O. The Labute approximate surface area is 101 Å². The fourth-order valence-electron chi connectivity index (χ4n) is 1.80. The summed E-state index contributed by atoms with van der Waals surface area (Å²) >= 11 is 0. The molecule has 0 aliphatic rings. The van der Waals surface area contributed by atoms with Gasteiger partial charge in [0.05, 0.1) is 0 Å². The molecule has 1 nitrogen and oxygen atoms in total. The number of unbranched alkanes of at least 4 members (excludes halogenated alkanes) is 9. The Morgan fingerprint density at radius 1 is 0.688 bits per heavy atom. The van der Waals surface area contributed by atoms with Crippen molar-refractivity contribution in [1.29, 1.82) is 0 Å². The molecule has 0 saturated carbocycles. The fourth-order valence-corrected chi connectivity index (χ4v) is 1.80. The van der Waals surface area contributed by atoms with Gasteiger partial charge in [0.25, 0.3) is 0 Å². The summed E-state index contributed by atoms with van der Waals surface area (Å²) in [7, 11) is 0. The van der Waals surface area contributed by atoms with Crippen molar-refractivity contribution in [3.8, 4) is 0 Å². The van der Waals surface area contributed by atoms with Crippen LogP contribution in [-0.2, 0) is 4.79 Å². The summed E-state index contributed by atoms with van der Waals surface area (Å²) in [4.78, 5) is 10.1. The molecule has 0 unspecified atom stereocenters. The van der Waals surface area contributed by atoms with Crippen LogP contribution in [0.1, 0.15) is 77.6 Å². The van der Waals surface area contributed by atoms with E-state index in [4.69, 9.17) is 0 Å². The lowest BCUT2D eigenvalue weighted by atomic mass is 10.1. The Hall–Kier alpha value is -0.590. The van der Waals surface area contributed by atoms with E-state index < -0.39 is 0 Å². The highest BCUT2D eigenvalue weighted by molar-refractivity contribution is 5.49. The molecule has 0 radical (unpaired) electrons. The lowest BCUT2D eigenvalue weighted by molar-refractivity contribution is -0.107. The van der Waals surface area contributed by atoms with Gasteiger partial charge in [-0.3, -0.25) is 0 Å². The maximum Gasteiger partial charge on any atom is 0.120 e. The van der Waals surface area contributed by atoms with E-state index in [0.29, 0.717) is 6.42 Å². The lowest BCUT2D eigenvalue weighted by Gasteiger charge is -1.99. The van der Waals surface area contributed by atoms with Crippen LogP contribution in [0.5, 0.6) is 0 Å². The molecular weight excluding hydrogens is 196 g/mol. The quantitative estimate of drug-likeness (QED) is 0.257. The molecule has 0 atom stereocenters. The van der Waals surface area contributed by atoms with Gasteiger partial charge in [-0.25, -0.2) is 0 Å². The number of carbonyl (C=O) groups excluding carboxylic acids is 1. The van der Waals surface area contributed by atoms with Crippen LogP contribution in [0.15, 0.2) is 12.2 Å². The molecule has 0 heterocycles. The summed E-state index contributed by atoms with van der Waals surface area (Å²) in [6.45, 7) is 2.26. The highest BCUT2D eigenvalue weighted by atomic mass is 16.1. The number of hydrogen-bond acceptors (Lipinski definition) is 1. The molecule has 16 heavy (non-hydrogen) atoms. The molecule has 0 saturated heterocycles. The molecule has 94 valence electrons. The summed E-state index contributed by atoms with van der Waals surface area (Å²) in [6, 6.07) is 0. The minimum atomic E-state index is 0.675. The molecule has 0 fully saturated rings. The molecule has 0 amide bonds. The van der Waals surface area contributed by atoms with E-state index in [-0.39, 0.29) is 0 Å². The molecule has 0 aromatic carbocycles. The summed E-state index contributed by atoms with van der Waals surface area (Å²) in [5, 5.41) is 0. The molecule has 0 aliphatic carbocycles. The highest BCUT2D eigenvalue weighted by Crippen LogP contribution is 2.09. The summed E-state index contributed by atoms with van der Waals surface area (Å²) < 4.78 is 0. The van der Waals surface area contributed by atoms with Gasteiger partial charge in [-0.2, -0.15) is 0 Å². The third kappa shape index (κ3) is 13.4. The van der Waals surface area contributed by atoms with E-state index in [1.54, 1.807) is 0 Å². The average molecular weight is 224 g/mol. The Bertz CT molecular complexity index is 161. The van der Waals surface area contributed by atoms with Crippen molar-refractivity contribution in [1.82, 2.24) is 0 Å². The van der Waals surface area contributed by atoms with Gasteiger partial charge in [0.1, 0.15) is 6.29 Å². The van der Waals surface area contributed by atoms with E-state index in [9.17, 15) is 4.79 Å². The monoisotopic (exact) mass is 224 g/mol. The van der Waals surface area contributed by atoms with Crippen molar-refractivity contribution in [3.63, 3.8) is 0 Å². The standard InChI is InChI=1S/C15H28O/c1-2-3-4-5-6-7-8-9-10-11-12-13-14-15-16/h11-12,15H,2-10,13-14H2,1H3. The van der Waals surface area contributed by atoms with Crippen molar-refractivity contribution in [3.05, 3.63) is 12.2 Å². The van der Waals surface area contributed by atoms with Crippen LogP contribution in [0.3, 0.4) is 0 Å². The molecule has 0 rings (SSSR count). The number of carbonyl (C=O) groups is 1. The molecule has 0 aromatic rings. The second-order valence-electron chi connectivity index (χ2n) is 4.48. The van der Waals surface area contributed by atoms with Crippen LogP contribution in [0.25, 0.3) is 0 Å². The predicted octanol–water partition coefficient (Wildman–Crippen LogP) is 5.05. The van der Waals surface area contributed by atoms with Crippen LogP contribution < -0.4 is 0 Å². The maximum atomic E-state index is 10.1. The van der Waals surface area contributed by atoms with Gasteiger partial charge in [-0.05, 0) is 19.3 Å². The summed E-state index contributed by atoms with van der Waals surface area (Å²) in [5.41, 5.74) is 0. The maximum absolute atomic E-state index is 10.1. The third-order valence-electron chi connectivity index (χ3n) is 2.84. The molecule has 0 bridgehead atoms. The van der Waals surface area contributed by atoms with Crippen molar-refractivity contribution >= 4 is 6.29 Å². The predicted molar refractivity (Wildman–Crippen MR) is 71.7 cm³/mol. The topological polar surface area (TPSA) is 17.1 Å².